The molecule has 5 N–H and O–H groups in total. The number of morpholine rings is 1. The first-order chi connectivity index (χ1) is 26.9. The second kappa shape index (κ2) is 15.5. The van der Waals surface area contributed by atoms with Crippen LogP contribution in [-0.2, 0) is 14.8 Å². The Morgan fingerprint density at radius 2 is 1.82 bits per heavy atom. The summed E-state index contributed by atoms with van der Waals surface area (Å²) in [7, 11) is -4.61. The van der Waals surface area contributed by atoms with Crippen LogP contribution in [0.5, 0.6) is 11.5 Å². The van der Waals surface area contributed by atoms with Crippen molar-refractivity contribution in [1.82, 2.24) is 24.6 Å². The van der Waals surface area contributed by atoms with Gasteiger partial charge in [-0.2, -0.15) is 0 Å². The van der Waals surface area contributed by atoms with Crippen molar-refractivity contribution < 1.29 is 27.6 Å². The normalized spacial score (nSPS) is 21.8. The number of nitrogens with zero attached hydrogens (tertiary/aromatic N) is 5. The topological polar surface area (TPSA) is 211 Å². The molecule has 0 unspecified atom stereocenters. The number of nitrogens with one attached hydrogen (secondary N) is 3. The lowest BCUT2D eigenvalue weighted by Crippen LogP contribution is -2.57. The Kier molecular flexibility index (Phi) is 10.5. The van der Waals surface area contributed by atoms with E-state index in [2.05, 4.69) is 41.7 Å². The standard InChI is InChI=1S/C39H49N9O7S/c1-25-2-4-26(5-3-25)23-42-37-32(48(50)51)20-30(24-43-37)56(52,53)45-38(49)31-7-6-28(19-33(31)55-34-18-27-8-11-41-36(27)44-35(34)40)46-12-9-39(10-13-46)21-29(22-39)47-14-16-54-17-15-47/h6-8,11,18-20,24-26,29H,2-5,9-10,12-17,21-23H2,1H3,(H,42,43)(H,45,49)(H3,40,41,44). The van der Waals surface area contributed by atoms with E-state index in [4.69, 9.17) is 15.2 Å². The summed E-state index contributed by atoms with van der Waals surface area (Å²) in [6.07, 6.45) is 11.4. The zero-order chi connectivity index (χ0) is 39.0. The lowest BCUT2D eigenvalue weighted by molar-refractivity contribution is -0.384. The number of hydrogen-bond donors (Lipinski definition) is 4. The number of sulfonamides is 1. The minimum atomic E-state index is -4.61. The zero-order valence-electron chi connectivity index (χ0n) is 31.5. The fourth-order valence-electron chi connectivity index (χ4n) is 8.81. The number of fused-ring (bicyclic) bond motifs is 1. The number of pyridine rings is 2. The third-order valence-electron chi connectivity index (χ3n) is 12.3. The predicted octanol–water partition coefficient (Wildman–Crippen LogP) is 5.68. The highest BCUT2D eigenvalue weighted by atomic mass is 32.2. The maximum Gasteiger partial charge on any atom is 0.312 e. The number of piperidine rings is 1. The summed E-state index contributed by atoms with van der Waals surface area (Å²) < 4.78 is 41.1. The van der Waals surface area contributed by atoms with Crippen LogP contribution in [0.3, 0.4) is 0 Å². The van der Waals surface area contributed by atoms with Gasteiger partial charge in [-0.05, 0) is 80.0 Å². The number of rotatable bonds is 11. The molecule has 2 aliphatic carbocycles. The largest absolute Gasteiger partial charge is 0.453 e. The van der Waals surface area contributed by atoms with Gasteiger partial charge in [0.15, 0.2) is 11.6 Å². The van der Waals surface area contributed by atoms with E-state index in [1.807, 2.05) is 6.07 Å². The van der Waals surface area contributed by atoms with Gasteiger partial charge in [0.05, 0.1) is 29.9 Å². The number of hydrogen-bond acceptors (Lipinski definition) is 13. The van der Waals surface area contributed by atoms with Crippen LogP contribution in [0.15, 0.2) is 53.7 Å². The first-order valence-electron chi connectivity index (χ1n) is 19.5. The van der Waals surface area contributed by atoms with Gasteiger partial charge in [-0.3, -0.25) is 19.8 Å². The van der Waals surface area contributed by atoms with Gasteiger partial charge >= 0.3 is 5.69 Å². The highest BCUT2D eigenvalue weighted by Crippen LogP contribution is 2.51. The highest BCUT2D eigenvalue weighted by molar-refractivity contribution is 7.90. The maximum absolute atomic E-state index is 13.9. The minimum absolute atomic E-state index is 0.0198. The van der Waals surface area contributed by atoms with Crippen LogP contribution in [-0.4, -0.2) is 91.1 Å². The Labute approximate surface area is 325 Å². The number of nitrogens with two attached hydrogens (primary N) is 1. The smallest absolute Gasteiger partial charge is 0.312 e. The van der Waals surface area contributed by atoms with Crippen LogP contribution in [0.4, 0.5) is 23.0 Å². The van der Waals surface area contributed by atoms with E-state index in [1.54, 1.807) is 24.4 Å². The summed E-state index contributed by atoms with van der Waals surface area (Å²) in [6.45, 7) is 7.94. The predicted molar refractivity (Wildman–Crippen MR) is 211 cm³/mol. The lowest BCUT2D eigenvalue weighted by atomic mass is 9.60. The van der Waals surface area contributed by atoms with Gasteiger partial charge in [0, 0.05) is 68.2 Å². The zero-order valence-corrected chi connectivity index (χ0v) is 32.4. The van der Waals surface area contributed by atoms with Gasteiger partial charge in [0.1, 0.15) is 16.3 Å². The second-order valence-corrected chi connectivity index (χ2v) is 17.7. The summed E-state index contributed by atoms with van der Waals surface area (Å²) in [5, 5.41) is 15.8. The highest BCUT2D eigenvalue weighted by Gasteiger charge is 2.48. The Morgan fingerprint density at radius 3 is 2.55 bits per heavy atom. The number of carbonyl (C=O) groups excluding carboxylic acids is 1. The molecule has 4 fully saturated rings. The van der Waals surface area contributed by atoms with Crippen LogP contribution in [0, 0.1) is 27.4 Å². The number of anilines is 3. The Bertz CT molecular complexity index is 2200. The molecule has 4 aliphatic rings. The molecule has 298 valence electrons. The molecule has 2 aliphatic heterocycles. The molecule has 1 aromatic carbocycles. The van der Waals surface area contributed by atoms with E-state index in [9.17, 15) is 23.3 Å². The molecule has 2 saturated heterocycles. The van der Waals surface area contributed by atoms with Crippen molar-refractivity contribution in [3.05, 3.63) is 64.5 Å². The molecule has 5 heterocycles. The SMILES string of the molecule is CC1CCC(CNc2ncc(S(=O)(=O)NC(=O)c3ccc(N4CCC5(CC4)CC(N4CCOCC4)C5)cc3Oc3cc4cc[nH]c4nc3N)cc2[N+](=O)[O-])CC1. The molecule has 0 atom stereocenters. The molecule has 56 heavy (non-hydrogen) atoms. The van der Waals surface area contributed by atoms with Gasteiger partial charge in [-0.15, -0.1) is 0 Å². The minimum Gasteiger partial charge on any atom is -0.453 e. The van der Waals surface area contributed by atoms with E-state index >= 15 is 0 Å². The number of aromatic amines is 1. The van der Waals surface area contributed by atoms with Crippen LogP contribution < -0.4 is 25.4 Å². The van der Waals surface area contributed by atoms with E-state index in [0.29, 0.717) is 35.5 Å². The van der Waals surface area contributed by atoms with Crippen molar-refractivity contribution in [1.29, 1.82) is 0 Å². The van der Waals surface area contributed by atoms with Gasteiger partial charge < -0.3 is 30.4 Å². The number of H-pyrrole nitrogens is 1. The third kappa shape index (κ3) is 7.97. The molecule has 1 amide bonds. The number of benzene rings is 1. The average molecular weight is 788 g/mol. The summed E-state index contributed by atoms with van der Waals surface area (Å²) >= 11 is 0. The Hall–Kier alpha value is -5.00. The monoisotopic (exact) mass is 787 g/mol. The number of amides is 1. The third-order valence-corrected chi connectivity index (χ3v) is 13.6. The molecule has 3 aromatic heterocycles. The summed E-state index contributed by atoms with van der Waals surface area (Å²) in [5.74, 6) is 0.346. The maximum atomic E-state index is 13.9. The van der Waals surface area contributed by atoms with Crippen molar-refractivity contribution in [3.63, 3.8) is 0 Å². The van der Waals surface area contributed by atoms with Crippen molar-refractivity contribution in [3.8, 4) is 11.5 Å². The summed E-state index contributed by atoms with van der Waals surface area (Å²) in [6, 6.07) is 10.1. The van der Waals surface area contributed by atoms with Crippen LogP contribution >= 0.6 is 0 Å². The molecule has 16 nitrogen and oxygen atoms in total. The van der Waals surface area contributed by atoms with Crippen LogP contribution in [0.1, 0.15) is 68.6 Å². The van der Waals surface area contributed by atoms with Crippen molar-refractivity contribution in [2.45, 2.75) is 69.2 Å². The fourth-order valence-corrected chi connectivity index (χ4v) is 9.74. The molecule has 17 heteroatoms. The Balaban J connectivity index is 1.01. The van der Waals surface area contributed by atoms with Gasteiger partial charge in [0.2, 0.25) is 5.82 Å². The molecule has 0 bridgehead atoms. The molecular formula is C39H49N9O7S. The first kappa shape index (κ1) is 37.9. The molecule has 0 radical (unpaired) electrons. The summed E-state index contributed by atoms with van der Waals surface area (Å²) in [5.41, 5.74) is 7.41. The van der Waals surface area contributed by atoms with E-state index in [-0.39, 0.29) is 28.7 Å². The second-order valence-electron chi connectivity index (χ2n) is 16.0. The fraction of sp³-hybridized carbons (Fsp3) is 0.513. The van der Waals surface area contributed by atoms with Gasteiger partial charge in [-0.1, -0.05) is 19.8 Å². The Morgan fingerprint density at radius 1 is 1.07 bits per heavy atom. The molecule has 1 spiro atoms. The summed E-state index contributed by atoms with van der Waals surface area (Å²) in [4.78, 5) is 41.0. The van der Waals surface area contributed by atoms with Crippen LogP contribution in [0.2, 0.25) is 0 Å². The molecule has 4 aromatic rings. The lowest BCUT2D eigenvalue weighted by Gasteiger charge is -2.56. The number of nitro groups is 1. The number of aromatic nitrogens is 3. The van der Waals surface area contributed by atoms with Crippen molar-refractivity contribution >= 4 is 50.0 Å². The van der Waals surface area contributed by atoms with Gasteiger partial charge in [0.25, 0.3) is 15.9 Å². The molecular weight excluding hydrogens is 739 g/mol. The molecule has 8 rings (SSSR count). The van der Waals surface area contributed by atoms with E-state index in [1.165, 1.54) is 18.9 Å². The van der Waals surface area contributed by atoms with Gasteiger partial charge in [-0.25, -0.2) is 23.1 Å². The number of carbonyl (C=O) groups is 1. The van der Waals surface area contributed by atoms with E-state index in [0.717, 1.165) is 101 Å². The quantitative estimate of drug-likeness (QED) is 0.107. The number of nitrogen functional groups attached to an aromatic ring is 1. The van der Waals surface area contributed by atoms with E-state index < -0.39 is 31.4 Å². The average Bonchev–Trinajstić information content (AvgIpc) is 3.64. The van der Waals surface area contributed by atoms with Crippen molar-refractivity contribution in [2.24, 2.45) is 17.3 Å². The van der Waals surface area contributed by atoms with Crippen molar-refractivity contribution in [2.75, 3.05) is 61.9 Å². The number of ether oxygens (including phenoxy) is 2. The van der Waals surface area contributed by atoms with Crippen LogP contribution in [0.25, 0.3) is 11.0 Å². The molecule has 2 saturated carbocycles. The first-order valence-corrected chi connectivity index (χ1v) is 21.0.